The van der Waals surface area contributed by atoms with Crippen LogP contribution in [0.25, 0.3) is 0 Å². The minimum Gasteiger partial charge on any atom is -0.480 e. The molecule has 0 aromatic rings. The highest BCUT2D eigenvalue weighted by atomic mass is 16.5. The Labute approximate surface area is 111 Å². The second kappa shape index (κ2) is 7.57. The summed E-state index contributed by atoms with van der Waals surface area (Å²) in [5.74, 6) is -1.35. The van der Waals surface area contributed by atoms with Gasteiger partial charge >= 0.3 is 12.0 Å². The van der Waals surface area contributed by atoms with Gasteiger partial charge in [0.2, 0.25) is 5.91 Å². The number of nitrogens with one attached hydrogen (secondary N) is 2. The zero-order valence-corrected chi connectivity index (χ0v) is 10.8. The largest absolute Gasteiger partial charge is 0.480 e. The second-order valence-corrected chi connectivity index (χ2v) is 4.24. The molecule has 108 valence electrons. The molecule has 0 aromatic heterocycles. The third-order valence-corrected chi connectivity index (χ3v) is 2.76. The lowest BCUT2D eigenvalue weighted by molar-refractivity contribution is -0.137. The fraction of sp³-hybridized carbons (Fsp3) is 0.727. The second-order valence-electron chi connectivity index (χ2n) is 4.24. The van der Waals surface area contributed by atoms with Crippen molar-refractivity contribution in [3.05, 3.63) is 0 Å². The Kier molecular flexibility index (Phi) is 6.07. The van der Waals surface area contributed by atoms with Crippen molar-refractivity contribution in [2.75, 3.05) is 33.4 Å². The number of carbonyl (C=O) groups excluding carboxylic acids is 2. The van der Waals surface area contributed by atoms with E-state index in [1.165, 1.54) is 7.11 Å². The van der Waals surface area contributed by atoms with E-state index in [-0.39, 0.29) is 19.1 Å². The number of urea groups is 1. The summed E-state index contributed by atoms with van der Waals surface area (Å²) in [6, 6.07) is -1.17. The minimum atomic E-state index is -1.11. The van der Waals surface area contributed by atoms with Crippen LogP contribution in [0, 0.1) is 0 Å². The number of ether oxygens (including phenoxy) is 1. The van der Waals surface area contributed by atoms with Gasteiger partial charge in [0.05, 0.1) is 6.61 Å². The smallest absolute Gasteiger partial charge is 0.323 e. The first-order valence-corrected chi connectivity index (χ1v) is 6.08. The Morgan fingerprint density at radius 3 is 2.89 bits per heavy atom. The van der Waals surface area contributed by atoms with Crippen LogP contribution in [0.2, 0.25) is 0 Å². The summed E-state index contributed by atoms with van der Waals surface area (Å²) in [6.07, 6.45) is 1.34. The molecule has 1 atom stereocenters. The third kappa shape index (κ3) is 5.12. The van der Waals surface area contributed by atoms with Gasteiger partial charge in [0.15, 0.2) is 0 Å². The molecule has 0 aliphatic carbocycles. The molecule has 1 unspecified atom stereocenters. The maximum absolute atomic E-state index is 11.9. The topological polar surface area (TPSA) is 108 Å². The van der Waals surface area contributed by atoms with Crippen molar-refractivity contribution in [2.24, 2.45) is 0 Å². The quantitative estimate of drug-likeness (QED) is 0.576. The molecule has 1 aliphatic heterocycles. The molecule has 8 nitrogen and oxygen atoms in total. The highest BCUT2D eigenvalue weighted by Crippen LogP contribution is 2.04. The lowest BCUT2D eigenvalue weighted by Crippen LogP contribution is -2.54. The van der Waals surface area contributed by atoms with E-state index in [1.807, 2.05) is 0 Å². The normalized spacial score (nSPS) is 18.6. The summed E-state index contributed by atoms with van der Waals surface area (Å²) in [4.78, 5) is 35.2. The zero-order chi connectivity index (χ0) is 14.3. The maximum atomic E-state index is 11.9. The number of piperidine rings is 1. The third-order valence-electron chi connectivity index (χ3n) is 2.76. The Hall–Kier alpha value is -1.83. The van der Waals surface area contributed by atoms with Gasteiger partial charge in [0, 0.05) is 20.2 Å². The first-order chi connectivity index (χ1) is 9.04. The molecular weight excluding hydrogens is 254 g/mol. The zero-order valence-electron chi connectivity index (χ0n) is 10.8. The van der Waals surface area contributed by atoms with Crippen LogP contribution in [0.15, 0.2) is 0 Å². The van der Waals surface area contributed by atoms with Crippen molar-refractivity contribution in [1.29, 1.82) is 0 Å². The molecule has 0 radical (unpaired) electrons. The predicted octanol–water partition coefficient (Wildman–Crippen LogP) is -0.992. The molecule has 1 saturated heterocycles. The monoisotopic (exact) mass is 273 g/mol. The first-order valence-electron chi connectivity index (χ1n) is 6.08. The van der Waals surface area contributed by atoms with Crippen molar-refractivity contribution in [3.8, 4) is 0 Å². The highest BCUT2D eigenvalue weighted by molar-refractivity contribution is 5.88. The standard InChI is InChI=1S/C11H19N3O5/c1-19-6-5-14(7-9(15)16)11(18)13-8-3-2-4-12-10(8)17/h8H,2-7H2,1H3,(H,12,17)(H,13,18)(H,15,16). The molecule has 3 amide bonds. The Bertz CT molecular complexity index is 347. The van der Waals surface area contributed by atoms with Crippen molar-refractivity contribution >= 4 is 17.9 Å². The Morgan fingerprint density at radius 1 is 1.58 bits per heavy atom. The summed E-state index contributed by atoms with van der Waals surface area (Å²) >= 11 is 0. The van der Waals surface area contributed by atoms with Crippen LogP contribution < -0.4 is 10.6 Å². The number of nitrogens with zero attached hydrogens (tertiary/aromatic N) is 1. The Balaban J connectivity index is 2.54. The summed E-state index contributed by atoms with van der Waals surface area (Å²) < 4.78 is 4.82. The molecule has 3 N–H and O–H groups in total. The molecule has 1 heterocycles. The van der Waals surface area contributed by atoms with Gasteiger partial charge in [-0.2, -0.15) is 0 Å². The van der Waals surface area contributed by atoms with E-state index in [0.29, 0.717) is 13.0 Å². The molecule has 8 heteroatoms. The molecule has 1 fully saturated rings. The number of rotatable bonds is 6. The number of hydrogen-bond acceptors (Lipinski definition) is 4. The molecule has 0 saturated carbocycles. The molecule has 0 spiro atoms. The van der Waals surface area contributed by atoms with Gasteiger partial charge in [-0.05, 0) is 12.8 Å². The van der Waals surface area contributed by atoms with Gasteiger partial charge < -0.3 is 25.4 Å². The van der Waals surface area contributed by atoms with Crippen molar-refractivity contribution in [1.82, 2.24) is 15.5 Å². The lowest BCUT2D eigenvalue weighted by atomic mass is 10.1. The van der Waals surface area contributed by atoms with Gasteiger partial charge in [-0.1, -0.05) is 0 Å². The summed E-state index contributed by atoms with van der Waals surface area (Å²) in [5, 5.41) is 13.9. The van der Waals surface area contributed by atoms with Crippen LogP contribution in [0.5, 0.6) is 0 Å². The summed E-state index contributed by atoms with van der Waals surface area (Å²) in [5.41, 5.74) is 0. The lowest BCUT2D eigenvalue weighted by Gasteiger charge is -2.27. The van der Waals surface area contributed by atoms with Gasteiger partial charge in [-0.25, -0.2) is 4.79 Å². The van der Waals surface area contributed by atoms with Crippen LogP contribution >= 0.6 is 0 Å². The number of carboxylic acids is 1. The van der Waals surface area contributed by atoms with Gasteiger partial charge in [-0.15, -0.1) is 0 Å². The minimum absolute atomic E-state index is 0.156. The number of methoxy groups -OCH3 is 1. The van der Waals surface area contributed by atoms with E-state index in [4.69, 9.17) is 9.84 Å². The van der Waals surface area contributed by atoms with Crippen LogP contribution in [0.4, 0.5) is 4.79 Å². The summed E-state index contributed by atoms with van der Waals surface area (Å²) in [7, 11) is 1.46. The van der Waals surface area contributed by atoms with Crippen molar-refractivity contribution < 1.29 is 24.2 Å². The molecular formula is C11H19N3O5. The Morgan fingerprint density at radius 2 is 2.32 bits per heavy atom. The number of hydrogen-bond donors (Lipinski definition) is 3. The SMILES string of the molecule is COCCN(CC(=O)O)C(=O)NC1CCCNC1=O. The average molecular weight is 273 g/mol. The summed E-state index contributed by atoms with van der Waals surface area (Å²) in [6.45, 7) is 0.567. The molecule has 0 aromatic carbocycles. The van der Waals surface area contributed by atoms with Gasteiger partial charge in [0.1, 0.15) is 12.6 Å². The van der Waals surface area contributed by atoms with E-state index >= 15 is 0 Å². The van der Waals surface area contributed by atoms with E-state index in [1.54, 1.807) is 0 Å². The van der Waals surface area contributed by atoms with E-state index in [2.05, 4.69) is 10.6 Å². The molecule has 1 aliphatic rings. The van der Waals surface area contributed by atoms with Crippen LogP contribution in [0.1, 0.15) is 12.8 Å². The van der Waals surface area contributed by atoms with E-state index < -0.39 is 24.6 Å². The van der Waals surface area contributed by atoms with Crippen LogP contribution in [-0.2, 0) is 14.3 Å². The van der Waals surface area contributed by atoms with Gasteiger partial charge in [-0.3, -0.25) is 9.59 Å². The van der Waals surface area contributed by atoms with Crippen LogP contribution in [-0.4, -0.2) is 67.3 Å². The predicted molar refractivity (Wildman–Crippen MR) is 65.6 cm³/mol. The average Bonchev–Trinajstić information content (AvgIpc) is 2.36. The number of aliphatic carboxylic acids is 1. The van der Waals surface area contributed by atoms with Crippen LogP contribution in [0.3, 0.4) is 0 Å². The van der Waals surface area contributed by atoms with E-state index in [0.717, 1.165) is 11.3 Å². The fourth-order valence-electron chi connectivity index (χ4n) is 1.77. The van der Waals surface area contributed by atoms with Crippen molar-refractivity contribution in [2.45, 2.75) is 18.9 Å². The molecule has 1 rings (SSSR count). The highest BCUT2D eigenvalue weighted by Gasteiger charge is 2.26. The molecule has 0 bridgehead atoms. The van der Waals surface area contributed by atoms with Crippen molar-refractivity contribution in [3.63, 3.8) is 0 Å². The van der Waals surface area contributed by atoms with Gasteiger partial charge in [0.25, 0.3) is 0 Å². The first kappa shape index (κ1) is 15.2. The van der Waals surface area contributed by atoms with E-state index in [9.17, 15) is 14.4 Å². The number of carboxylic acid groups (broad SMARTS) is 1. The maximum Gasteiger partial charge on any atom is 0.323 e. The number of amides is 3. The fourth-order valence-corrected chi connectivity index (χ4v) is 1.77. The molecule has 19 heavy (non-hydrogen) atoms. The number of carbonyl (C=O) groups is 3.